The zero-order valence-corrected chi connectivity index (χ0v) is 10.3. The molecule has 2 rings (SSSR count). The molecule has 1 heterocycles. The summed E-state index contributed by atoms with van der Waals surface area (Å²) < 4.78 is 0. The van der Waals surface area contributed by atoms with Crippen LogP contribution < -0.4 is 22.2 Å². The average Bonchev–Trinajstić information content (AvgIpc) is 2.39. The lowest BCUT2D eigenvalue weighted by Gasteiger charge is -2.10. The van der Waals surface area contributed by atoms with Crippen LogP contribution in [0.3, 0.4) is 0 Å². The first kappa shape index (κ1) is 13.0. The summed E-state index contributed by atoms with van der Waals surface area (Å²) in [6.07, 6.45) is 0.531. The smallest absolute Gasteiger partial charge is 0.314 e. The minimum absolute atomic E-state index is 0.298. The maximum Gasteiger partial charge on any atom is 0.314 e. The van der Waals surface area contributed by atoms with Gasteiger partial charge in [-0.05, 0) is 24.6 Å². The molecule has 0 aliphatic heterocycles. The minimum Gasteiger partial charge on any atom is -0.325 e. The number of carbonyl (C=O) groups is 1. The molecule has 1 amide bonds. The molecule has 0 saturated carbocycles. The quantitative estimate of drug-likeness (QED) is 0.577. The number of H-pyrrole nitrogens is 2. The molecule has 0 saturated heterocycles. The third kappa shape index (κ3) is 2.71. The van der Waals surface area contributed by atoms with Gasteiger partial charge in [-0.2, -0.15) is 0 Å². The highest BCUT2D eigenvalue weighted by atomic mass is 16.2. The zero-order chi connectivity index (χ0) is 14.0. The molecular formula is C12H14N4O3. The molecule has 0 bridgehead atoms. The molecule has 5 N–H and O–H groups in total. The highest BCUT2D eigenvalue weighted by Crippen LogP contribution is 2.14. The predicted molar refractivity (Wildman–Crippen MR) is 72.1 cm³/mol. The van der Waals surface area contributed by atoms with Gasteiger partial charge in [-0.3, -0.25) is 14.4 Å². The highest BCUT2D eigenvalue weighted by molar-refractivity contribution is 5.96. The van der Waals surface area contributed by atoms with Crippen LogP contribution in [0.5, 0.6) is 0 Å². The maximum atomic E-state index is 11.6. The van der Waals surface area contributed by atoms with Gasteiger partial charge in [0.05, 0.1) is 17.1 Å². The zero-order valence-electron chi connectivity index (χ0n) is 10.3. The van der Waals surface area contributed by atoms with Crippen molar-refractivity contribution in [1.82, 2.24) is 9.97 Å². The summed E-state index contributed by atoms with van der Waals surface area (Å²) in [5.41, 5.74) is 5.59. The van der Waals surface area contributed by atoms with E-state index in [0.29, 0.717) is 23.1 Å². The van der Waals surface area contributed by atoms with Crippen molar-refractivity contribution in [2.45, 2.75) is 19.4 Å². The van der Waals surface area contributed by atoms with Crippen molar-refractivity contribution >= 4 is 22.6 Å². The van der Waals surface area contributed by atoms with Crippen molar-refractivity contribution in [3.8, 4) is 0 Å². The molecule has 1 aromatic carbocycles. The number of rotatable bonds is 3. The molecule has 0 aliphatic rings. The van der Waals surface area contributed by atoms with E-state index in [0.717, 1.165) is 0 Å². The van der Waals surface area contributed by atoms with E-state index >= 15 is 0 Å². The standard InChI is InChI=1S/C12H14N4O3/c1-2-7(13)10(17)14-6-3-4-8-9(5-6)16-12(19)11(18)15-8/h3-5,7H,2,13H2,1H3,(H,14,17)(H,15,18)(H,16,19). The largest absolute Gasteiger partial charge is 0.325 e. The summed E-state index contributed by atoms with van der Waals surface area (Å²) in [4.78, 5) is 38.9. The molecule has 7 heteroatoms. The van der Waals surface area contributed by atoms with Crippen LogP contribution in [0.15, 0.2) is 27.8 Å². The van der Waals surface area contributed by atoms with Crippen LogP contribution in [0.1, 0.15) is 13.3 Å². The van der Waals surface area contributed by atoms with Crippen LogP contribution in [0.4, 0.5) is 5.69 Å². The van der Waals surface area contributed by atoms with Gasteiger partial charge >= 0.3 is 11.1 Å². The number of nitrogens with two attached hydrogens (primary N) is 1. The Morgan fingerprint density at radius 3 is 2.53 bits per heavy atom. The number of carbonyl (C=O) groups excluding carboxylic acids is 1. The Bertz CT molecular complexity index is 732. The van der Waals surface area contributed by atoms with E-state index < -0.39 is 17.2 Å². The number of anilines is 1. The number of aromatic amines is 2. The number of nitrogens with one attached hydrogen (secondary N) is 3. The van der Waals surface area contributed by atoms with E-state index in [-0.39, 0.29) is 5.91 Å². The topological polar surface area (TPSA) is 121 Å². The molecule has 1 atom stereocenters. The van der Waals surface area contributed by atoms with E-state index in [2.05, 4.69) is 15.3 Å². The summed E-state index contributed by atoms with van der Waals surface area (Å²) in [7, 11) is 0. The fourth-order valence-corrected chi connectivity index (χ4v) is 1.61. The van der Waals surface area contributed by atoms with E-state index in [1.165, 1.54) is 0 Å². The predicted octanol–water partition coefficient (Wildman–Crippen LogP) is -0.108. The number of amides is 1. The Kier molecular flexibility index (Phi) is 3.48. The SMILES string of the molecule is CCC(N)C(=O)Nc1ccc2[nH]c(=O)c(=O)[nH]c2c1. The third-order valence-electron chi connectivity index (χ3n) is 2.77. The molecule has 19 heavy (non-hydrogen) atoms. The van der Waals surface area contributed by atoms with E-state index in [1.807, 2.05) is 6.92 Å². The molecule has 100 valence electrons. The van der Waals surface area contributed by atoms with Crippen molar-refractivity contribution < 1.29 is 4.79 Å². The van der Waals surface area contributed by atoms with Gasteiger partial charge in [-0.1, -0.05) is 6.92 Å². The van der Waals surface area contributed by atoms with Crippen LogP contribution in [0, 0.1) is 0 Å². The van der Waals surface area contributed by atoms with Gasteiger partial charge in [0.15, 0.2) is 0 Å². The Morgan fingerprint density at radius 2 is 1.89 bits per heavy atom. The first-order chi connectivity index (χ1) is 9.01. The van der Waals surface area contributed by atoms with Gasteiger partial charge < -0.3 is 21.0 Å². The van der Waals surface area contributed by atoms with Crippen molar-refractivity contribution in [3.05, 3.63) is 38.9 Å². The lowest BCUT2D eigenvalue weighted by molar-refractivity contribution is -0.117. The van der Waals surface area contributed by atoms with E-state index in [9.17, 15) is 14.4 Å². The number of hydrogen-bond acceptors (Lipinski definition) is 4. The second-order valence-corrected chi connectivity index (χ2v) is 4.17. The fourth-order valence-electron chi connectivity index (χ4n) is 1.61. The fraction of sp³-hybridized carbons (Fsp3) is 0.250. The molecule has 1 unspecified atom stereocenters. The lowest BCUT2D eigenvalue weighted by atomic mass is 10.2. The minimum atomic E-state index is -0.735. The van der Waals surface area contributed by atoms with Gasteiger partial charge in [0.2, 0.25) is 5.91 Å². The summed E-state index contributed by atoms with van der Waals surface area (Å²) in [5, 5.41) is 2.64. The molecule has 1 aromatic heterocycles. The van der Waals surface area contributed by atoms with Crippen molar-refractivity contribution in [3.63, 3.8) is 0 Å². The molecule has 0 aliphatic carbocycles. The van der Waals surface area contributed by atoms with Crippen molar-refractivity contribution in [2.24, 2.45) is 5.73 Å². The van der Waals surface area contributed by atoms with Gasteiger partial charge in [0.1, 0.15) is 0 Å². The Hall–Kier alpha value is -2.41. The van der Waals surface area contributed by atoms with Crippen LogP contribution in [0.2, 0.25) is 0 Å². The van der Waals surface area contributed by atoms with Gasteiger partial charge in [0.25, 0.3) is 0 Å². The molecule has 7 nitrogen and oxygen atoms in total. The molecule has 2 aromatic rings. The monoisotopic (exact) mass is 262 g/mol. The van der Waals surface area contributed by atoms with E-state index in [1.54, 1.807) is 18.2 Å². The number of fused-ring (bicyclic) bond motifs is 1. The van der Waals surface area contributed by atoms with Gasteiger partial charge in [-0.25, -0.2) is 0 Å². The molecular weight excluding hydrogens is 248 g/mol. The molecule has 0 fully saturated rings. The normalized spacial score (nSPS) is 12.3. The highest BCUT2D eigenvalue weighted by Gasteiger charge is 2.11. The number of hydrogen-bond donors (Lipinski definition) is 4. The van der Waals surface area contributed by atoms with Crippen LogP contribution in [-0.2, 0) is 4.79 Å². The number of benzene rings is 1. The molecule has 0 radical (unpaired) electrons. The average molecular weight is 262 g/mol. The summed E-state index contributed by atoms with van der Waals surface area (Å²) >= 11 is 0. The molecule has 0 spiro atoms. The van der Waals surface area contributed by atoms with Gasteiger partial charge in [0, 0.05) is 5.69 Å². The first-order valence-electron chi connectivity index (χ1n) is 5.84. The van der Waals surface area contributed by atoms with Crippen molar-refractivity contribution in [1.29, 1.82) is 0 Å². The van der Waals surface area contributed by atoms with Crippen LogP contribution in [0.25, 0.3) is 11.0 Å². The van der Waals surface area contributed by atoms with Crippen LogP contribution >= 0.6 is 0 Å². The van der Waals surface area contributed by atoms with Crippen LogP contribution in [-0.4, -0.2) is 21.9 Å². The summed E-state index contributed by atoms with van der Waals surface area (Å²) in [6, 6.07) is 4.20. The summed E-state index contributed by atoms with van der Waals surface area (Å²) in [5.74, 6) is -0.298. The second-order valence-electron chi connectivity index (χ2n) is 4.17. The van der Waals surface area contributed by atoms with E-state index in [4.69, 9.17) is 5.73 Å². The van der Waals surface area contributed by atoms with Crippen molar-refractivity contribution in [2.75, 3.05) is 5.32 Å². The Balaban J connectivity index is 2.37. The maximum absolute atomic E-state index is 11.6. The Morgan fingerprint density at radius 1 is 1.26 bits per heavy atom. The first-order valence-corrected chi connectivity index (χ1v) is 5.84. The lowest BCUT2D eigenvalue weighted by Crippen LogP contribution is -2.34. The van der Waals surface area contributed by atoms with Gasteiger partial charge in [-0.15, -0.1) is 0 Å². The third-order valence-corrected chi connectivity index (χ3v) is 2.77. The Labute approximate surface area is 107 Å². The number of aromatic nitrogens is 2. The summed E-state index contributed by atoms with van der Waals surface area (Å²) in [6.45, 7) is 1.81. The second kappa shape index (κ2) is 5.07.